The van der Waals surface area contributed by atoms with Gasteiger partial charge in [-0.05, 0) is 37.3 Å². The van der Waals surface area contributed by atoms with Crippen LogP contribution in [0.25, 0.3) is 0 Å². The zero-order chi connectivity index (χ0) is 13.9. The first-order chi connectivity index (χ1) is 9.76. The fraction of sp³-hybridized carbons (Fsp3) is 0.529. The smallest absolute Gasteiger partial charge is 0.128 e. The van der Waals surface area contributed by atoms with E-state index >= 15 is 0 Å². The van der Waals surface area contributed by atoms with E-state index in [4.69, 9.17) is 5.11 Å². The van der Waals surface area contributed by atoms with Gasteiger partial charge < -0.3 is 5.11 Å². The van der Waals surface area contributed by atoms with Crippen molar-refractivity contribution in [2.75, 3.05) is 13.2 Å². The molecule has 1 aromatic rings. The topological polar surface area (TPSA) is 23.5 Å². The molecule has 1 aromatic carbocycles. The Morgan fingerprint density at radius 3 is 2.90 bits per heavy atom. The molecule has 1 aliphatic carbocycles. The summed E-state index contributed by atoms with van der Waals surface area (Å²) >= 11 is 0. The maximum Gasteiger partial charge on any atom is 0.128 e. The summed E-state index contributed by atoms with van der Waals surface area (Å²) in [6, 6.07) is 5.90. The predicted octanol–water partition coefficient (Wildman–Crippen LogP) is 2.54. The van der Waals surface area contributed by atoms with Crippen molar-refractivity contribution in [1.29, 1.82) is 0 Å². The van der Waals surface area contributed by atoms with Gasteiger partial charge in [0.15, 0.2) is 0 Å². The molecule has 0 radical (unpaired) electrons. The minimum absolute atomic E-state index is 0.0467. The first-order valence-electron chi connectivity index (χ1n) is 7.38. The van der Waals surface area contributed by atoms with Crippen molar-refractivity contribution >= 4 is 0 Å². The summed E-state index contributed by atoms with van der Waals surface area (Å²) in [5, 5.41) is 8.67. The Kier molecular flexibility index (Phi) is 4.05. The van der Waals surface area contributed by atoms with E-state index in [2.05, 4.69) is 16.7 Å². The van der Waals surface area contributed by atoms with E-state index in [1.807, 2.05) is 12.1 Å². The molecule has 3 rings (SSSR count). The molecule has 2 nitrogen and oxygen atoms in total. The fourth-order valence-corrected chi connectivity index (χ4v) is 3.41. The van der Waals surface area contributed by atoms with Crippen LogP contribution in [-0.4, -0.2) is 29.2 Å². The van der Waals surface area contributed by atoms with Crippen LogP contribution in [-0.2, 0) is 6.54 Å². The number of rotatable bonds is 3. The van der Waals surface area contributed by atoms with Crippen molar-refractivity contribution in [2.45, 2.75) is 38.3 Å². The lowest BCUT2D eigenvalue weighted by Crippen LogP contribution is -2.31. The van der Waals surface area contributed by atoms with Crippen LogP contribution in [0.5, 0.6) is 0 Å². The number of likely N-dealkylation sites (tertiary alicyclic amines) is 1. The minimum Gasteiger partial charge on any atom is -0.395 e. The van der Waals surface area contributed by atoms with Gasteiger partial charge in [0, 0.05) is 36.7 Å². The molecule has 0 amide bonds. The van der Waals surface area contributed by atoms with Gasteiger partial charge in [0.2, 0.25) is 0 Å². The fourth-order valence-electron chi connectivity index (χ4n) is 3.41. The van der Waals surface area contributed by atoms with Crippen molar-refractivity contribution in [2.24, 2.45) is 5.92 Å². The summed E-state index contributed by atoms with van der Waals surface area (Å²) < 4.78 is 14.1. The first kappa shape index (κ1) is 13.6. The minimum atomic E-state index is -0.163. The monoisotopic (exact) mass is 273 g/mol. The van der Waals surface area contributed by atoms with E-state index in [1.54, 1.807) is 0 Å². The van der Waals surface area contributed by atoms with Crippen molar-refractivity contribution in [3.05, 3.63) is 35.1 Å². The molecular formula is C17H20FNO. The summed E-state index contributed by atoms with van der Waals surface area (Å²) in [6.07, 6.45) is 4.35. The maximum absolute atomic E-state index is 14.1. The van der Waals surface area contributed by atoms with Crippen LogP contribution in [0.4, 0.5) is 4.39 Å². The molecule has 2 aliphatic rings. The summed E-state index contributed by atoms with van der Waals surface area (Å²) in [4.78, 5) is 2.42. The number of fused-ring (bicyclic) bond motifs is 2. The van der Waals surface area contributed by atoms with E-state index in [-0.39, 0.29) is 12.4 Å². The van der Waals surface area contributed by atoms with Gasteiger partial charge in [-0.3, -0.25) is 4.90 Å². The third-order valence-corrected chi connectivity index (χ3v) is 4.42. The van der Waals surface area contributed by atoms with E-state index in [0.717, 1.165) is 24.6 Å². The van der Waals surface area contributed by atoms with Crippen molar-refractivity contribution in [1.82, 2.24) is 4.90 Å². The molecule has 3 heteroatoms. The molecule has 0 spiro atoms. The Morgan fingerprint density at radius 1 is 1.35 bits per heavy atom. The second-order valence-corrected chi connectivity index (χ2v) is 5.84. The van der Waals surface area contributed by atoms with E-state index < -0.39 is 0 Å². The number of hydrogen-bond donors (Lipinski definition) is 1. The number of piperidine rings is 1. The van der Waals surface area contributed by atoms with Gasteiger partial charge in [-0.15, -0.1) is 0 Å². The van der Waals surface area contributed by atoms with Gasteiger partial charge in [0.1, 0.15) is 5.82 Å². The highest BCUT2D eigenvalue weighted by Gasteiger charge is 2.37. The van der Waals surface area contributed by atoms with Gasteiger partial charge in [-0.1, -0.05) is 17.9 Å². The van der Waals surface area contributed by atoms with Gasteiger partial charge in [0.25, 0.3) is 0 Å². The lowest BCUT2D eigenvalue weighted by atomic mass is 10.1. The highest BCUT2D eigenvalue weighted by Crippen LogP contribution is 2.38. The largest absolute Gasteiger partial charge is 0.395 e. The molecule has 20 heavy (non-hydrogen) atoms. The van der Waals surface area contributed by atoms with Crippen LogP contribution in [0, 0.1) is 23.6 Å². The van der Waals surface area contributed by atoms with Crippen LogP contribution in [0.15, 0.2) is 18.2 Å². The average Bonchev–Trinajstić information content (AvgIpc) is 3.04. The maximum atomic E-state index is 14.1. The second kappa shape index (κ2) is 5.95. The summed E-state index contributed by atoms with van der Waals surface area (Å²) in [6.45, 7) is 1.89. The van der Waals surface area contributed by atoms with Gasteiger partial charge in [0.05, 0.1) is 6.61 Å². The highest BCUT2D eigenvalue weighted by atomic mass is 19.1. The van der Waals surface area contributed by atoms with Gasteiger partial charge >= 0.3 is 0 Å². The summed E-state index contributed by atoms with van der Waals surface area (Å²) in [5.74, 6) is 6.36. The van der Waals surface area contributed by atoms with E-state index in [1.165, 1.54) is 25.3 Å². The van der Waals surface area contributed by atoms with Crippen molar-refractivity contribution in [3.63, 3.8) is 0 Å². The highest BCUT2D eigenvalue weighted by molar-refractivity contribution is 5.37. The SMILES string of the molecule is OCCC#Cc1ccc(CN2CC3CCC2C3)c(F)c1. The molecule has 2 bridgehead atoms. The zero-order valence-corrected chi connectivity index (χ0v) is 11.6. The lowest BCUT2D eigenvalue weighted by Gasteiger charge is -2.26. The average molecular weight is 273 g/mol. The molecule has 1 aliphatic heterocycles. The Hall–Kier alpha value is -1.37. The molecule has 1 saturated carbocycles. The molecule has 1 N–H and O–H groups in total. The number of aliphatic hydroxyl groups excluding tert-OH is 1. The van der Waals surface area contributed by atoms with Crippen LogP contribution in [0.3, 0.4) is 0 Å². The Bertz CT molecular complexity index is 546. The van der Waals surface area contributed by atoms with Crippen LogP contribution in [0.2, 0.25) is 0 Å². The van der Waals surface area contributed by atoms with Crippen molar-refractivity contribution < 1.29 is 9.50 Å². The van der Waals surface area contributed by atoms with Crippen LogP contribution in [0.1, 0.15) is 36.8 Å². The Balaban J connectivity index is 1.67. The normalized spacial score (nSPS) is 24.7. The number of nitrogens with zero attached hydrogens (tertiary/aromatic N) is 1. The summed E-state index contributed by atoms with van der Waals surface area (Å²) in [5.41, 5.74) is 1.45. The van der Waals surface area contributed by atoms with E-state index in [0.29, 0.717) is 18.0 Å². The number of halogens is 1. The Labute approximate surface area is 119 Å². The van der Waals surface area contributed by atoms with Crippen LogP contribution >= 0.6 is 0 Å². The van der Waals surface area contributed by atoms with Crippen molar-refractivity contribution in [3.8, 4) is 11.8 Å². The molecule has 0 aromatic heterocycles. The summed E-state index contributed by atoms with van der Waals surface area (Å²) in [7, 11) is 0. The van der Waals surface area contributed by atoms with Gasteiger partial charge in [-0.25, -0.2) is 4.39 Å². The molecule has 106 valence electrons. The van der Waals surface area contributed by atoms with E-state index in [9.17, 15) is 4.39 Å². The molecule has 2 unspecified atom stereocenters. The first-order valence-corrected chi connectivity index (χ1v) is 7.38. The number of hydrogen-bond acceptors (Lipinski definition) is 2. The molecule has 2 atom stereocenters. The van der Waals surface area contributed by atoms with Gasteiger partial charge in [-0.2, -0.15) is 0 Å². The number of benzene rings is 1. The third kappa shape index (κ3) is 2.87. The second-order valence-electron chi connectivity index (χ2n) is 5.84. The quantitative estimate of drug-likeness (QED) is 0.856. The van der Waals surface area contributed by atoms with Crippen LogP contribution < -0.4 is 0 Å². The number of aliphatic hydroxyl groups is 1. The predicted molar refractivity (Wildman–Crippen MR) is 76.5 cm³/mol. The standard InChI is InChI=1S/C17H20FNO/c18-17-10-13(3-1-2-8-20)4-6-15(17)12-19-11-14-5-7-16(19)9-14/h4,6,10,14,16,20H,2,5,7-9,11-12H2. The lowest BCUT2D eigenvalue weighted by molar-refractivity contribution is 0.203. The molecule has 1 saturated heterocycles. The molecule has 2 fully saturated rings. The molecular weight excluding hydrogens is 253 g/mol. The Morgan fingerprint density at radius 2 is 2.25 bits per heavy atom. The zero-order valence-electron chi connectivity index (χ0n) is 11.6. The molecule has 1 heterocycles. The third-order valence-electron chi connectivity index (χ3n) is 4.42.